The molecule has 0 unspecified atom stereocenters. The number of carbonyl (C=O) groups excluding carboxylic acids is 2. The summed E-state index contributed by atoms with van der Waals surface area (Å²) < 4.78 is 18.4. The third-order valence-electron chi connectivity index (χ3n) is 3.31. The van der Waals surface area contributed by atoms with Gasteiger partial charge in [-0.15, -0.1) is 0 Å². The maximum Gasteiger partial charge on any atom is 0.252 e. The quantitative estimate of drug-likeness (QED) is 0.800. The molecule has 0 aliphatic carbocycles. The molecule has 0 atom stereocenters. The minimum atomic E-state index is -0.516. The Morgan fingerprint density at radius 2 is 1.96 bits per heavy atom. The van der Waals surface area contributed by atoms with E-state index in [4.69, 9.17) is 16.3 Å². The number of halogens is 2. The smallest absolute Gasteiger partial charge is 0.252 e. The Labute approximate surface area is 149 Å². The SMILES string of the molecule is CNC(=O)c1cc(NC(=O)/C=C/c2ccc(OC)c(F)c2)ccc1Cl. The number of benzene rings is 2. The normalized spacial score (nSPS) is 10.6. The zero-order chi connectivity index (χ0) is 18.4. The third kappa shape index (κ3) is 4.81. The van der Waals surface area contributed by atoms with Gasteiger partial charge in [0, 0.05) is 18.8 Å². The molecule has 2 aromatic rings. The van der Waals surface area contributed by atoms with Crippen LogP contribution in [0, 0.1) is 5.82 Å². The first kappa shape index (κ1) is 18.5. The number of carbonyl (C=O) groups is 2. The fraction of sp³-hybridized carbons (Fsp3) is 0.111. The number of amides is 2. The summed E-state index contributed by atoms with van der Waals surface area (Å²) in [6.07, 6.45) is 2.73. The average Bonchev–Trinajstić information content (AvgIpc) is 2.61. The van der Waals surface area contributed by atoms with Gasteiger partial charge in [-0.25, -0.2) is 4.39 Å². The van der Waals surface area contributed by atoms with Gasteiger partial charge in [0.2, 0.25) is 5.91 Å². The van der Waals surface area contributed by atoms with Crippen LogP contribution in [0.1, 0.15) is 15.9 Å². The van der Waals surface area contributed by atoms with Crippen molar-refractivity contribution in [2.45, 2.75) is 0 Å². The van der Waals surface area contributed by atoms with Gasteiger partial charge in [-0.05, 0) is 42.0 Å². The highest BCUT2D eigenvalue weighted by atomic mass is 35.5. The first-order valence-electron chi connectivity index (χ1n) is 7.29. The highest BCUT2D eigenvalue weighted by Gasteiger charge is 2.10. The Morgan fingerprint density at radius 3 is 2.60 bits per heavy atom. The number of hydrogen-bond donors (Lipinski definition) is 2. The lowest BCUT2D eigenvalue weighted by Crippen LogP contribution is -2.18. The Bertz CT molecular complexity index is 837. The lowest BCUT2D eigenvalue weighted by molar-refractivity contribution is -0.111. The Kier molecular flexibility index (Phi) is 6.14. The molecule has 2 aromatic carbocycles. The molecule has 0 saturated heterocycles. The molecule has 0 fully saturated rings. The molecule has 7 heteroatoms. The van der Waals surface area contributed by atoms with Crippen LogP contribution in [-0.4, -0.2) is 26.0 Å². The van der Waals surface area contributed by atoms with Crippen molar-refractivity contribution in [3.05, 3.63) is 64.4 Å². The molecule has 5 nitrogen and oxygen atoms in total. The van der Waals surface area contributed by atoms with Crippen molar-refractivity contribution in [3.63, 3.8) is 0 Å². The number of ether oxygens (including phenoxy) is 1. The van der Waals surface area contributed by atoms with Crippen LogP contribution >= 0.6 is 11.6 Å². The van der Waals surface area contributed by atoms with Gasteiger partial charge >= 0.3 is 0 Å². The molecule has 0 aliphatic rings. The fourth-order valence-electron chi connectivity index (χ4n) is 2.05. The summed E-state index contributed by atoms with van der Waals surface area (Å²) in [6, 6.07) is 8.92. The van der Waals surface area contributed by atoms with E-state index < -0.39 is 11.7 Å². The van der Waals surface area contributed by atoms with Gasteiger partial charge in [0.05, 0.1) is 17.7 Å². The van der Waals surface area contributed by atoms with E-state index in [-0.39, 0.29) is 22.2 Å². The van der Waals surface area contributed by atoms with Gasteiger partial charge in [-0.3, -0.25) is 9.59 Å². The largest absolute Gasteiger partial charge is 0.494 e. The van der Waals surface area contributed by atoms with E-state index in [0.29, 0.717) is 11.3 Å². The van der Waals surface area contributed by atoms with Crippen LogP contribution in [0.3, 0.4) is 0 Å². The zero-order valence-electron chi connectivity index (χ0n) is 13.6. The molecule has 0 aromatic heterocycles. The number of anilines is 1. The molecule has 2 amide bonds. The standard InChI is InChI=1S/C18H16ClFN2O3/c1-21-18(24)13-10-12(5-6-14(13)19)22-17(23)8-4-11-3-7-16(25-2)15(20)9-11/h3-10H,1-2H3,(H,21,24)(H,22,23)/b8-4+. The molecule has 130 valence electrons. The van der Waals surface area contributed by atoms with E-state index in [1.54, 1.807) is 12.1 Å². The predicted molar refractivity (Wildman–Crippen MR) is 95.5 cm³/mol. The van der Waals surface area contributed by atoms with Gasteiger partial charge in [0.1, 0.15) is 0 Å². The topological polar surface area (TPSA) is 67.4 Å². The van der Waals surface area contributed by atoms with Crippen molar-refractivity contribution in [3.8, 4) is 5.75 Å². The van der Waals surface area contributed by atoms with Crippen LogP contribution in [0.25, 0.3) is 6.08 Å². The van der Waals surface area contributed by atoms with E-state index in [1.165, 1.54) is 50.6 Å². The van der Waals surface area contributed by atoms with Gasteiger partial charge in [0.15, 0.2) is 11.6 Å². The second-order valence-electron chi connectivity index (χ2n) is 4.99. The molecule has 0 radical (unpaired) electrons. The van der Waals surface area contributed by atoms with Gasteiger partial charge in [0.25, 0.3) is 5.91 Å². The van der Waals surface area contributed by atoms with E-state index in [2.05, 4.69) is 10.6 Å². The van der Waals surface area contributed by atoms with Gasteiger partial charge in [-0.1, -0.05) is 17.7 Å². The minimum absolute atomic E-state index is 0.129. The zero-order valence-corrected chi connectivity index (χ0v) is 14.4. The summed E-state index contributed by atoms with van der Waals surface area (Å²) in [5.41, 5.74) is 1.18. The summed E-state index contributed by atoms with van der Waals surface area (Å²) in [6.45, 7) is 0. The van der Waals surface area contributed by atoms with Gasteiger partial charge < -0.3 is 15.4 Å². The summed E-state index contributed by atoms with van der Waals surface area (Å²) in [4.78, 5) is 23.7. The molecule has 0 heterocycles. The van der Waals surface area contributed by atoms with Crippen molar-refractivity contribution < 1.29 is 18.7 Å². The Hall–Kier alpha value is -2.86. The average molecular weight is 363 g/mol. The van der Waals surface area contributed by atoms with Crippen molar-refractivity contribution >= 4 is 35.2 Å². The monoisotopic (exact) mass is 362 g/mol. The molecule has 0 bridgehead atoms. The first-order valence-corrected chi connectivity index (χ1v) is 7.66. The van der Waals surface area contributed by atoms with Crippen LogP contribution in [0.15, 0.2) is 42.5 Å². The lowest BCUT2D eigenvalue weighted by atomic mass is 10.1. The Morgan fingerprint density at radius 1 is 1.20 bits per heavy atom. The van der Waals surface area contributed by atoms with Crippen LogP contribution in [0.2, 0.25) is 5.02 Å². The number of rotatable bonds is 5. The maximum absolute atomic E-state index is 13.6. The van der Waals surface area contributed by atoms with E-state index in [9.17, 15) is 14.0 Å². The van der Waals surface area contributed by atoms with E-state index in [1.807, 2.05) is 0 Å². The first-order chi connectivity index (χ1) is 11.9. The van der Waals surface area contributed by atoms with Gasteiger partial charge in [-0.2, -0.15) is 0 Å². The van der Waals surface area contributed by atoms with E-state index in [0.717, 1.165) is 0 Å². The highest BCUT2D eigenvalue weighted by Crippen LogP contribution is 2.21. The lowest BCUT2D eigenvalue weighted by Gasteiger charge is -2.07. The third-order valence-corrected chi connectivity index (χ3v) is 3.64. The second kappa shape index (κ2) is 8.30. The summed E-state index contributed by atoms with van der Waals surface area (Å²) in [5.74, 6) is -1.17. The molecule has 0 aliphatic heterocycles. The molecule has 2 rings (SSSR count). The predicted octanol–water partition coefficient (Wildman–Crippen LogP) is 3.50. The maximum atomic E-state index is 13.6. The highest BCUT2D eigenvalue weighted by molar-refractivity contribution is 6.34. The van der Waals surface area contributed by atoms with Crippen molar-refractivity contribution in [1.29, 1.82) is 0 Å². The summed E-state index contributed by atoms with van der Waals surface area (Å²) in [5, 5.41) is 5.36. The molecule has 0 spiro atoms. The van der Waals surface area contributed by atoms with Crippen LogP contribution in [-0.2, 0) is 4.79 Å². The molecular formula is C18H16ClFN2O3. The van der Waals surface area contributed by atoms with E-state index >= 15 is 0 Å². The fourth-order valence-corrected chi connectivity index (χ4v) is 2.26. The van der Waals surface area contributed by atoms with Crippen molar-refractivity contribution in [2.75, 3.05) is 19.5 Å². The van der Waals surface area contributed by atoms with Crippen LogP contribution < -0.4 is 15.4 Å². The number of hydrogen-bond acceptors (Lipinski definition) is 3. The summed E-state index contributed by atoms with van der Waals surface area (Å²) >= 11 is 5.95. The molecular weight excluding hydrogens is 347 g/mol. The Balaban J connectivity index is 2.10. The van der Waals surface area contributed by atoms with Crippen LogP contribution in [0.5, 0.6) is 5.75 Å². The molecule has 2 N–H and O–H groups in total. The van der Waals surface area contributed by atoms with Crippen molar-refractivity contribution in [1.82, 2.24) is 5.32 Å². The minimum Gasteiger partial charge on any atom is -0.494 e. The number of nitrogens with one attached hydrogen (secondary N) is 2. The molecule has 0 saturated carbocycles. The van der Waals surface area contributed by atoms with Crippen molar-refractivity contribution in [2.24, 2.45) is 0 Å². The van der Waals surface area contributed by atoms with Crippen LogP contribution in [0.4, 0.5) is 10.1 Å². The second-order valence-corrected chi connectivity index (χ2v) is 5.40. The molecule has 25 heavy (non-hydrogen) atoms. The summed E-state index contributed by atoms with van der Waals surface area (Å²) in [7, 11) is 2.86. The number of methoxy groups -OCH3 is 1.